The maximum atomic E-state index is 10.9. The third-order valence-corrected chi connectivity index (χ3v) is 3.09. The Morgan fingerprint density at radius 2 is 2.13 bits per heavy atom. The monoisotopic (exact) mass is 333 g/mol. The summed E-state index contributed by atoms with van der Waals surface area (Å²) in [6.45, 7) is 1.02. The molecule has 0 aliphatic heterocycles. The molecule has 0 fully saturated rings. The Hall–Kier alpha value is -2.57. The van der Waals surface area contributed by atoms with Crippen LogP contribution in [0.25, 0.3) is 6.08 Å². The van der Waals surface area contributed by atoms with Crippen molar-refractivity contribution in [3.05, 3.63) is 59.3 Å². The number of nitrogens with one attached hydrogen (secondary N) is 2. The largest absolute Gasteiger partial charge is 0.492 e. The van der Waals surface area contributed by atoms with E-state index >= 15 is 0 Å². The van der Waals surface area contributed by atoms with Gasteiger partial charge in [0, 0.05) is 12.3 Å². The zero-order valence-electron chi connectivity index (χ0n) is 12.2. The molecule has 0 saturated heterocycles. The lowest BCUT2D eigenvalue weighted by atomic mass is 10.2. The molecule has 1 aromatic heterocycles. The summed E-state index contributed by atoms with van der Waals surface area (Å²) in [6, 6.07) is 11.2. The third kappa shape index (κ3) is 5.61. The Labute approximate surface area is 138 Å². The molecule has 2 rings (SSSR count). The molecule has 1 heterocycles. The van der Waals surface area contributed by atoms with E-state index in [-0.39, 0.29) is 0 Å². The highest BCUT2D eigenvalue weighted by molar-refractivity contribution is 6.33. The van der Waals surface area contributed by atoms with Gasteiger partial charge in [0.05, 0.1) is 11.6 Å². The second-order valence-corrected chi connectivity index (χ2v) is 4.90. The summed E-state index contributed by atoms with van der Waals surface area (Å²) in [7, 11) is 0. The summed E-state index contributed by atoms with van der Waals surface area (Å²) in [4.78, 5) is 15.1. The Balaban J connectivity index is 1.84. The topological polar surface area (TPSA) is 83.5 Å². The number of para-hydroxylation sites is 1. The maximum Gasteiger partial charge on any atom is 0.267 e. The summed E-state index contributed by atoms with van der Waals surface area (Å²) < 4.78 is 5.56. The predicted molar refractivity (Wildman–Crippen MR) is 88.6 cm³/mol. The molecule has 0 unspecified atom stereocenters. The van der Waals surface area contributed by atoms with Crippen LogP contribution >= 0.6 is 11.6 Å². The quantitative estimate of drug-likeness (QED) is 0.314. The van der Waals surface area contributed by atoms with Crippen molar-refractivity contribution in [1.82, 2.24) is 10.5 Å². The van der Waals surface area contributed by atoms with Gasteiger partial charge < -0.3 is 10.1 Å². The number of carbonyl (C=O) groups excluding carboxylic acids is 1. The molecule has 0 spiro atoms. The number of ether oxygens (including phenoxy) is 1. The molecule has 2 aromatic rings. The van der Waals surface area contributed by atoms with Crippen LogP contribution in [0, 0.1) is 0 Å². The lowest BCUT2D eigenvalue weighted by Gasteiger charge is -2.09. The van der Waals surface area contributed by atoms with Gasteiger partial charge in [0.25, 0.3) is 5.91 Å². The average Bonchev–Trinajstić information content (AvgIpc) is 2.58. The summed E-state index contributed by atoms with van der Waals surface area (Å²) in [5.74, 6) is 0.712. The number of hydroxylamine groups is 1. The SMILES string of the molecule is O=C(/C=C/c1cnc(NCCOc2ccccc2)c(Cl)c1)NO. The average molecular weight is 334 g/mol. The first-order chi connectivity index (χ1) is 11.2. The molecule has 7 heteroatoms. The fourth-order valence-corrected chi connectivity index (χ4v) is 1.98. The molecule has 0 aliphatic carbocycles. The van der Waals surface area contributed by atoms with Crippen LogP contribution in [0.3, 0.4) is 0 Å². The predicted octanol–water partition coefficient (Wildman–Crippen LogP) is 2.74. The molecule has 1 amide bonds. The number of nitrogens with zero attached hydrogens (tertiary/aromatic N) is 1. The Bertz CT molecular complexity index is 678. The molecule has 3 N–H and O–H groups in total. The molecule has 0 atom stereocenters. The van der Waals surface area contributed by atoms with Crippen molar-refractivity contribution in [3.8, 4) is 5.75 Å². The number of halogens is 1. The van der Waals surface area contributed by atoms with Gasteiger partial charge >= 0.3 is 0 Å². The molecule has 0 saturated carbocycles. The lowest BCUT2D eigenvalue weighted by molar-refractivity contribution is -0.124. The maximum absolute atomic E-state index is 10.9. The first-order valence-corrected chi connectivity index (χ1v) is 7.26. The molecule has 120 valence electrons. The van der Waals surface area contributed by atoms with E-state index in [1.54, 1.807) is 12.3 Å². The van der Waals surface area contributed by atoms with Crippen LogP contribution in [-0.4, -0.2) is 29.3 Å². The number of anilines is 1. The summed E-state index contributed by atoms with van der Waals surface area (Å²) in [6.07, 6.45) is 4.23. The van der Waals surface area contributed by atoms with Crippen molar-refractivity contribution < 1.29 is 14.7 Å². The van der Waals surface area contributed by atoms with Gasteiger partial charge in [-0.25, -0.2) is 10.5 Å². The second-order valence-electron chi connectivity index (χ2n) is 4.50. The van der Waals surface area contributed by atoms with Crippen molar-refractivity contribution in [2.75, 3.05) is 18.5 Å². The highest BCUT2D eigenvalue weighted by Gasteiger charge is 2.02. The van der Waals surface area contributed by atoms with Crippen molar-refractivity contribution in [2.24, 2.45) is 0 Å². The van der Waals surface area contributed by atoms with E-state index in [4.69, 9.17) is 21.5 Å². The molecule has 6 nitrogen and oxygen atoms in total. The highest BCUT2D eigenvalue weighted by Crippen LogP contribution is 2.20. The number of pyridine rings is 1. The zero-order chi connectivity index (χ0) is 16.5. The summed E-state index contributed by atoms with van der Waals surface area (Å²) >= 11 is 6.12. The molecule has 0 bridgehead atoms. The lowest BCUT2D eigenvalue weighted by Crippen LogP contribution is -2.14. The van der Waals surface area contributed by atoms with Gasteiger partial charge in [0.2, 0.25) is 0 Å². The molecule has 0 radical (unpaired) electrons. The van der Waals surface area contributed by atoms with Crippen molar-refractivity contribution in [2.45, 2.75) is 0 Å². The van der Waals surface area contributed by atoms with Crippen LogP contribution in [0.5, 0.6) is 5.75 Å². The normalized spacial score (nSPS) is 10.5. The van der Waals surface area contributed by atoms with E-state index in [1.165, 1.54) is 17.6 Å². The Kier molecular flexibility index (Phi) is 6.40. The number of hydrogen-bond acceptors (Lipinski definition) is 5. The fourth-order valence-electron chi connectivity index (χ4n) is 1.74. The van der Waals surface area contributed by atoms with Crippen molar-refractivity contribution in [1.29, 1.82) is 0 Å². The molecular formula is C16H16ClN3O3. The minimum absolute atomic E-state index is 0.427. The van der Waals surface area contributed by atoms with Gasteiger partial charge in [-0.3, -0.25) is 10.0 Å². The van der Waals surface area contributed by atoms with Gasteiger partial charge in [-0.2, -0.15) is 0 Å². The van der Waals surface area contributed by atoms with E-state index in [2.05, 4.69) is 10.3 Å². The Morgan fingerprint density at radius 1 is 1.35 bits per heavy atom. The first kappa shape index (κ1) is 16.8. The summed E-state index contributed by atoms with van der Waals surface area (Å²) in [5, 5.41) is 11.9. The van der Waals surface area contributed by atoms with Gasteiger partial charge in [0.1, 0.15) is 18.2 Å². The zero-order valence-corrected chi connectivity index (χ0v) is 13.0. The van der Waals surface area contributed by atoms with Gasteiger partial charge in [-0.05, 0) is 29.8 Å². The van der Waals surface area contributed by atoms with E-state index < -0.39 is 5.91 Å². The molecule has 23 heavy (non-hydrogen) atoms. The number of hydrogen-bond donors (Lipinski definition) is 3. The number of aromatic nitrogens is 1. The number of amides is 1. The second kappa shape index (κ2) is 8.77. The van der Waals surface area contributed by atoms with Gasteiger partial charge in [-0.15, -0.1) is 0 Å². The van der Waals surface area contributed by atoms with Crippen LogP contribution in [0.15, 0.2) is 48.7 Å². The van der Waals surface area contributed by atoms with Crippen molar-refractivity contribution in [3.63, 3.8) is 0 Å². The number of rotatable bonds is 7. The van der Waals surface area contributed by atoms with Crippen molar-refractivity contribution >= 4 is 29.4 Å². The van der Waals surface area contributed by atoms with Crippen LogP contribution in [0.2, 0.25) is 5.02 Å². The van der Waals surface area contributed by atoms with E-state index in [9.17, 15) is 4.79 Å². The van der Waals surface area contributed by atoms with E-state index in [0.717, 1.165) is 5.75 Å². The third-order valence-electron chi connectivity index (χ3n) is 2.81. The van der Waals surface area contributed by atoms with Gasteiger partial charge in [0.15, 0.2) is 0 Å². The first-order valence-electron chi connectivity index (χ1n) is 6.88. The van der Waals surface area contributed by atoms with Gasteiger partial charge in [-0.1, -0.05) is 29.8 Å². The summed E-state index contributed by atoms with van der Waals surface area (Å²) in [5.41, 5.74) is 2.15. The molecule has 1 aromatic carbocycles. The van der Waals surface area contributed by atoms with Crippen LogP contribution in [0.4, 0.5) is 5.82 Å². The van der Waals surface area contributed by atoms with Crippen LogP contribution in [-0.2, 0) is 4.79 Å². The molecule has 0 aliphatic rings. The minimum atomic E-state index is -0.624. The molecular weight excluding hydrogens is 318 g/mol. The fraction of sp³-hybridized carbons (Fsp3) is 0.125. The van der Waals surface area contributed by atoms with E-state index in [1.807, 2.05) is 30.3 Å². The minimum Gasteiger partial charge on any atom is -0.492 e. The Morgan fingerprint density at radius 3 is 2.83 bits per heavy atom. The number of carbonyl (C=O) groups is 1. The van der Waals surface area contributed by atoms with Crippen LogP contribution in [0.1, 0.15) is 5.56 Å². The standard InChI is InChI=1S/C16H16ClN3O3/c17-14-10-12(6-7-15(21)20-22)11-19-16(14)18-8-9-23-13-4-2-1-3-5-13/h1-7,10-11,22H,8-9H2,(H,18,19)(H,20,21)/b7-6+. The van der Waals surface area contributed by atoms with Crippen LogP contribution < -0.4 is 15.5 Å². The highest BCUT2D eigenvalue weighted by atomic mass is 35.5. The number of benzene rings is 1. The van der Waals surface area contributed by atoms with E-state index in [0.29, 0.717) is 29.6 Å². The smallest absolute Gasteiger partial charge is 0.267 e.